The molecule has 0 aliphatic rings. The number of hydrogen-bond acceptors (Lipinski definition) is 1. The van der Waals surface area contributed by atoms with Gasteiger partial charge in [0.2, 0.25) is 0 Å². The molecular weight excluding hydrogens is 300 g/mol. The lowest BCUT2D eigenvalue weighted by molar-refractivity contribution is 0.218. The lowest BCUT2D eigenvalue weighted by atomic mass is 10.0. The summed E-state index contributed by atoms with van der Waals surface area (Å²) < 4.78 is 39.1. The van der Waals surface area contributed by atoms with Crippen molar-refractivity contribution in [2.75, 3.05) is 0 Å². The highest BCUT2D eigenvalue weighted by Crippen LogP contribution is 2.31. The first-order chi connectivity index (χ1) is 8.90. The molecule has 1 nitrogen and oxygen atoms in total. The van der Waals surface area contributed by atoms with Gasteiger partial charge < -0.3 is 5.11 Å². The highest BCUT2D eigenvalue weighted by atomic mass is 35.5. The molecule has 6 heteroatoms. The Labute approximate surface area is 117 Å². The van der Waals surface area contributed by atoms with Crippen LogP contribution in [0.25, 0.3) is 0 Å². The first-order valence-corrected chi connectivity index (χ1v) is 5.93. The van der Waals surface area contributed by atoms with E-state index in [0.29, 0.717) is 17.2 Å². The predicted octanol–water partition coefficient (Wildman–Crippen LogP) is 4.49. The normalized spacial score (nSPS) is 12.5. The van der Waals surface area contributed by atoms with Crippen LogP contribution in [-0.4, -0.2) is 5.11 Å². The van der Waals surface area contributed by atoms with Crippen molar-refractivity contribution >= 4 is 23.2 Å². The summed E-state index contributed by atoms with van der Waals surface area (Å²) in [6.07, 6.45) is -1.41. The molecule has 0 bridgehead atoms. The average molecular weight is 307 g/mol. The first-order valence-electron chi connectivity index (χ1n) is 5.17. The summed E-state index contributed by atoms with van der Waals surface area (Å²) in [5, 5.41) is 10.5. The van der Waals surface area contributed by atoms with Crippen LogP contribution in [-0.2, 0) is 0 Å². The fourth-order valence-electron chi connectivity index (χ4n) is 1.64. The van der Waals surface area contributed by atoms with Gasteiger partial charge in [-0.1, -0.05) is 23.2 Å². The fraction of sp³-hybridized carbons (Fsp3) is 0.0769. The van der Waals surface area contributed by atoms with Crippen LogP contribution in [0.1, 0.15) is 17.2 Å². The average Bonchev–Trinajstić information content (AvgIpc) is 2.37. The van der Waals surface area contributed by atoms with E-state index in [1.54, 1.807) is 0 Å². The van der Waals surface area contributed by atoms with Crippen molar-refractivity contribution in [2.45, 2.75) is 6.10 Å². The molecule has 2 rings (SSSR count). The first kappa shape index (κ1) is 14.2. The molecule has 1 N–H and O–H groups in total. The maximum absolute atomic E-state index is 13.1. The molecule has 2 aromatic rings. The fourth-order valence-corrected chi connectivity index (χ4v) is 2.04. The Balaban J connectivity index is 2.49. The summed E-state index contributed by atoms with van der Waals surface area (Å²) >= 11 is 11.6. The van der Waals surface area contributed by atoms with Gasteiger partial charge in [0, 0.05) is 15.6 Å². The highest BCUT2D eigenvalue weighted by Gasteiger charge is 2.19. The Morgan fingerprint density at radius 1 is 0.947 bits per heavy atom. The van der Waals surface area contributed by atoms with Crippen LogP contribution < -0.4 is 0 Å². The lowest BCUT2D eigenvalue weighted by Gasteiger charge is -2.14. The van der Waals surface area contributed by atoms with Gasteiger partial charge in [0.05, 0.1) is 0 Å². The van der Waals surface area contributed by atoms with Gasteiger partial charge in [-0.25, -0.2) is 13.2 Å². The monoisotopic (exact) mass is 306 g/mol. The zero-order chi connectivity index (χ0) is 14.2. The molecule has 2 aromatic carbocycles. The predicted molar refractivity (Wildman–Crippen MR) is 66.8 cm³/mol. The topological polar surface area (TPSA) is 20.2 Å². The van der Waals surface area contributed by atoms with Gasteiger partial charge in [-0.15, -0.1) is 0 Å². The van der Waals surface area contributed by atoms with E-state index in [9.17, 15) is 18.3 Å². The molecule has 0 radical (unpaired) electrons. The Morgan fingerprint density at radius 2 is 1.53 bits per heavy atom. The summed E-state index contributed by atoms with van der Waals surface area (Å²) in [6.45, 7) is 0. The van der Waals surface area contributed by atoms with E-state index in [1.165, 1.54) is 18.2 Å². The van der Waals surface area contributed by atoms with Crippen LogP contribution in [0.3, 0.4) is 0 Å². The zero-order valence-electron chi connectivity index (χ0n) is 9.30. The molecule has 19 heavy (non-hydrogen) atoms. The Bertz CT molecular complexity index is 608. The number of halogens is 5. The van der Waals surface area contributed by atoms with Gasteiger partial charge in [-0.3, -0.25) is 0 Å². The van der Waals surface area contributed by atoms with Crippen LogP contribution in [0, 0.1) is 17.5 Å². The van der Waals surface area contributed by atoms with E-state index in [-0.39, 0.29) is 16.1 Å². The Hall–Kier alpha value is -1.23. The quantitative estimate of drug-likeness (QED) is 0.810. The molecule has 0 aliphatic heterocycles. The summed E-state index contributed by atoms with van der Waals surface area (Å²) in [6, 6.07) is 5.74. The second kappa shape index (κ2) is 5.41. The summed E-state index contributed by atoms with van der Waals surface area (Å²) in [4.78, 5) is 0. The van der Waals surface area contributed by atoms with Gasteiger partial charge in [0.25, 0.3) is 0 Å². The molecule has 1 unspecified atom stereocenters. The Morgan fingerprint density at radius 3 is 2.11 bits per heavy atom. The molecule has 100 valence electrons. The standard InChI is InChI=1S/C13H7Cl2F3O/c14-7-1-2-9(15)8(5-7)13(19)6-3-10(16)12(18)11(17)4-6/h1-5,13,19H. The minimum Gasteiger partial charge on any atom is -0.384 e. The largest absolute Gasteiger partial charge is 0.384 e. The third kappa shape index (κ3) is 2.86. The van der Waals surface area contributed by atoms with E-state index in [1.807, 2.05) is 0 Å². The molecule has 0 saturated carbocycles. The van der Waals surface area contributed by atoms with Crippen molar-refractivity contribution in [3.8, 4) is 0 Å². The van der Waals surface area contributed by atoms with Gasteiger partial charge in [-0.05, 0) is 35.9 Å². The van der Waals surface area contributed by atoms with Crippen LogP contribution in [0.5, 0.6) is 0 Å². The van der Waals surface area contributed by atoms with Gasteiger partial charge in [0.15, 0.2) is 17.5 Å². The van der Waals surface area contributed by atoms with E-state index < -0.39 is 23.6 Å². The maximum Gasteiger partial charge on any atom is 0.194 e. The van der Waals surface area contributed by atoms with E-state index in [2.05, 4.69) is 0 Å². The smallest absolute Gasteiger partial charge is 0.194 e. The number of aliphatic hydroxyl groups is 1. The van der Waals surface area contributed by atoms with E-state index >= 15 is 0 Å². The van der Waals surface area contributed by atoms with Gasteiger partial charge in [-0.2, -0.15) is 0 Å². The number of hydrogen-bond donors (Lipinski definition) is 1. The van der Waals surface area contributed by atoms with Crippen molar-refractivity contribution in [1.29, 1.82) is 0 Å². The molecule has 0 heterocycles. The second-order valence-electron chi connectivity index (χ2n) is 3.87. The number of rotatable bonds is 2. The van der Waals surface area contributed by atoms with Crippen LogP contribution in [0.2, 0.25) is 10.0 Å². The molecule has 0 saturated heterocycles. The van der Waals surface area contributed by atoms with E-state index in [4.69, 9.17) is 23.2 Å². The Kier molecular flexibility index (Phi) is 4.04. The second-order valence-corrected chi connectivity index (χ2v) is 4.71. The van der Waals surface area contributed by atoms with Crippen molar-refractivity contribution in [1.82, 2.24) is 0 Å². The zero-order valence-corrected chi connectivity index (χ0v) is 10.8. The molecule has 0 aromatic heterocycles. The summed E-state index contributed by atoms with van der Waals surface area (Å²) in [5.74, 6) is -4.35. The highest BCUT2D eigenvalue weighted by molar-refractivity contribution is 6.33. The number of benzene rings is 2. The van der Waals surface area contributed by atoms with Crippen molar-refractivity contribution in [2.24, 2.45) is 0 Å². The minimum atomic E-state index is -1.59. The summed E-state index contributed by atoms with van der Waals surface area (Å²) in [5.41, 5.74) is 0.0279. The van der Waals surface area contributed by atoms with Gasteiger partial charge >= 0.3 is 0 Å². The van der Waals surface area contributed by atoms with Crippen LogP contribution >= 0.6 is 23.2 Å². The van der Waals surface area contributed by atoms with Crippen molar-refractivity contribution < 1.29 is 18.3 Å². The van der Waals surface area contributed by atoms with Crippen LogP contribution in [0.4, 0.5) is 13.2 Å². The van der Waals surface area contributed by atoms with E-state index in [0.717, 1.165) is 0 Å². The minimum absolute atomic E-state index is 0.152. The molecule has 0 fully saturated rings. The third-order valence-electron chi connectivity index (χ3n) is 2.57. The van der Waals surface area contributed by atoms with Crippen molar-refractivity contribution in [3.05, 3.63) is 69.0 Å². The summed E-state index contributed by atoms with van der Waals surface area (Å²) in [7, 11) is 0. The van der Waals surface area contributed by atoms with Crippen LogP contribution in [0.15, 0.2) is 30.3 Å². The third-order valence-corrected chi connectivity index (χ3v) is 3.15. The molecule has 0 amide bonds. The molecule has 1 atom stereocenters. The number of aliphatic hydroxyl groups excluding tert-OH is 1. The maximum atomic E-state index is 13.1. The lowest BCUT2D eigenvalue weighted by Crippen LogP contribution is -2.04. The van der Waals surface area contributed by atoms with Gasteiger partial charge in [0.1, 0.15) is 6.10 Å². The molecular formula is C13H7Cl2F3O. The molecule has 0 aliphatic carbocycles. The van der Waals surface area contributed by atoms with Crippen molar-refractivity contribution in [3.63, 3.8) is 0 Å². The molecule has 0 spiro atoms. The SMILES string of the molecule is OC(c1cc(F)c(F)c(F)c1)c1cc(Cl)ccc1Cl.